The number of guanidine groups is 1. The lowest BCUT2D eigenvalue weighted by atomic mass is 10.1. The molecular weight excluding hydrogens is 410 g/mol. The number of nitrogens with one attached hydrogen (secondary N) is 3. The van der Waals surface area contributed by atoms with E-state index in [-0.39, 0.29) is 18.0 Å². The van der Waals surface area contributed by atoms with Gasteiger partial charge in [0.2, 0.25) is 5.91 Å². The van der Waals surface area contributed by atoms with Crippen LogP contribution in [-0.4, -0.2) is 51.9 Å². The molecule has 0 saturated carbocycles. The first kappa shape index (κ1) is 21.9. The fraction of sp³-hybridized carbons (Fsp3) is 0.545. The van der Waals surface area contributed by atoms with Crippen LogP contribution in [0.4, 0.5) is 5.69 Å². The number of amides is 1. The summed E-state index contributed by atoms with van der Waals surface area (Å²) in [5.74, 6) is 3.59. The molecule has 172 valence electrons. The van der Waals surface area contributed by atoms with Crippen molar-refractivity contribution in [1.82, 2.24) is 25.4 Å². The number of rotatable bonds is 5. The van der Waals surface area contributed by atoms with Crippen LogP contribution >= 0.6 is 0 Å². The molecule has 0 fully saturated rings. The maximum absolute atomic E-state index is 12.3. The summed E-state index contributed by atoms with van der Waals surface area (Å²) >= 11 is 0. The molecular formula is C22H31N7O3. The Labute approximate surface area is 187 Å². The second-order valence-electron chi connectivity index (χ2n) is 8.94. The topological polar surface area (TPSA) is 115 Å². The number of aromatic nitrogens is 3. The number of ether oxygens (including phenoxy) is 2. The maximum atomic E-state index is 12.3. The number of nitrogens with zero attached hydrogens (tertiary/aromatic N) is 4. The summed E-state index contributed by atoms with van der Waals surface area (Å²) in [5, 5.41) is 17.8. The van der Waals surface area contributed by atoms with Gasteiger partial charge in [-0.3, -0.25) is 4.79 Å². The van der Waals surface area contributed by atoms with Gasteiger partial charge in [-0.15, -0.1) is 10.2 Å². The van der Waals surface area contributed by atoms with Crippen molar-refractivity contribution in [2.24, 2.45) is 4.99 Å². The highest BCUT2D eigenvalue weighted by atomic mass is 16.5. The number of benzene rings is 1. The third kappa shape index (κ3) is 5.68. The molecule has 0 atom stereocenters. The fourth-order valence-electron chi connectivity index (χ4n) is 3.62. The van der Waals surface area contributed by atoms with E-state index in [9.17, 15) is 4.79 Å². The van der Waals surface area contributed by atoms with Crippen molar-refractivity contribution in [2.45, 2.75) is 58.7 Å². The highest BCUT2D eigenvalue weighted by Crippen LogP contribution is 2.32. The van der Waals surface area contributed by atoms with Gasteiger partial charge in [-0.05, 0) is 39.3 Å². The molecule has 1 aromatic carbocycles. The van der Waals surface area contributed by atoms with Gasteiger partial charge < -0.3 is 30.0 Å². The summed E-state index contributed by atoms with van der Waals surface area (Å²) < 4.78 is 13.6. The molecule has 0 unspecified atom stereocenters. The summed E-state index contributed by atoms with van der Waals surface area (Å²) in [4.78, 5) is 17.0. The molecule has 10 heteroatoms. The van der Waals surface area contributed by atoms with E-state index < -0.39 is 0 Å². The largest absolute Gasteiger partial charge is 0.490 e. The van der Waals surface area contributed by atoms with Crippen LogP contribution in [0.1, 0.15) is 45.3 Å². The fourth-order valence-corrected chi connectivity index (χ4v) is 3.62. The second kappa shape index (κ2) is 9.46. The number of aryl methyl sites for hydroxylation is 1. The first-order valence-electron chi connectivity index (χ1n) is 11.0. The minimum Gasteiger partial charge on any atom is -0.490 e. The zero-order valence-electron chi connectivity index (χ0n) is 18.9. The first-order valence-corrected chi connectivity index (χ1v) is 11.0. The van der Waals surface area contributed by atoms with E-state index >= 15 is 0 Å². The number of hydrogen-bond donors (Lipinski definition) is 3. The Morgan fingerprint density at radius 2 is 1.97 bits per heavy atom. The predicted octanol–water partition coefficient (Wildman–Crippen LogP) is 1.86. The molecule has 32 heavy (non-hydrogen) atoms. The van der Waals surface area contributed by atoms with Crippen molar-refractivity contribution < 1.29 is 14.3 Å². The molecule has 2 aliphatic rings. The summed E-state index contributed by atoms with van der Waals surface area (Å²) in [5.41, 5.74) is 0.475. The van der Waals surface area contributed by atoms with E-state index in [2.05, 4.69) is 35.7 Å². The highest BCUT2D eigenvalue weighted by Gasteiger charge is 2.18. The van der Waals surface area contributed by atoms with Gasteiger partial charge >= 0.3 is 0 Å². The second-order valence-corrected chi connectivity index (χ2v) is 8.94. The van der Waals surface area contributed by atoms with Crippen LogP contribution in [-0.2, 0) is 24.3 Å². The van der Waals surface area contributed by atoms with Crippen LogP contribution < -0.4 is 25.4 Å². The number of anilines is 1. The molecule has 0 bridgehead atoms. The monoisotopic (exact) mass is 441 g/mol. The van der Waals surface area contributed by atoms with Crippen molar-refractivity contribution in [3.63, 3.8) is 0 Å². The number of carbonyl (C=O) groups is 1. The minimum atomic E-state index is -0.306. The first-order chi connectivity index (χ1) is 15.4. The summed E-state index contributed by atoms with van der Waals surface area (Å²) in [6.07, 6.45) is 2.87. The Balaban J connectivity index is 1.48. The van der Waals surface area contributed by atoms with E-state index in [1.165, 1.54) is 0 Å². The zero-order chi connectivity index (χ0) is 22.6. The molecule has 0 spiro atoms. The van der Waals surface area contributed by atoms with Gasteiger partial charge in [0.25, 0.3) is 0 Å². The van der Waals surface area contributed by atoms with E-state index in [0.29, 0.717) is 31.5 Å². The Kier molecular flexibility index (Phi) is 6.48. The average molecular weight is 442 g/mol. The van der Waals surface area contributed by atoms with Crippen LogP contribution in [0.3, 0.4) is 0 Å². The molecule has 3 N–H and O–H groups in total. The minimum absolute atomic E-state index is 0.0889. The van der Waals surface area contributed by atoms with Gasteiger partial charge in [0.1, 0.15) is 12.4 Å². The van der Waals surface area contributed by atoms with Crippen molar-refractivity contribution in [2.75, 3.05) is 25.1 Å². The molecule has 1 aromatic heterocycles. The summed E-state index contributed by atoms with van der Waals surface area (Å²) in [6, 6.07) is 5.65. The third-order valence-electron chi connectivity index (χ3n) is 5.01. The normalized spacial score (nSPS) is 15.7. The Morgan fingerprint density at radius 3 is 2.78 bits per heavy atom. The average Bonchev–Trinajstić information content (AvgIpc) is 3.26. The van der Waals surface area contributed by atoms with Gasteiger partial charge in [0.15, 0.2) is 23.3 Å². The number of aliphatic imine (C=N–C) groups is 1. The lowest BCUT2D eigenvalue weighted by Crippen LogP contribution is -2.46. The van der Waals surface area contributed by atoms with E-state index in [1.54, 1.807) is 0 Å². The van der Waals surface area contributed by atoms with Crippen LogP contribution in [0.25, 0.3) is 0 Å². The SMILES string of the molecule is CC(C)(C)NC(=O)CNC(=NCc1nnc2n1CCC2)Nc1ccc2c(c1)OCCCO2. The van der Waals surface area contributed by atoms with Crippen molar-refractivity contribution in [3.8, 4) is 11.5 Å². The van der Waals surface area contributed by atoms with E-state index in [4.69, 9.17) is 9.47 Å². The maximum Gasteiger partial charge on any atom is 0.239 e. The summed E-state index contributed by atoms with van der Waals surface area (Å²) in [7, 11) is 0. The number of carbonyl (C=O) groups excluding carboxylic acids is 1. The Morgan fingerprint density at radius 1 is 1.16 bits per heavy atom. The lowest BCUT2D eigenvalue weighted by Gasteiger charge is -2.21. The van der Waals surface area contributed by atoms with Crippen LogP contribution in [0, 0.1) is 0 Å². The van der Waals surface area contributed by atoms with Gasteiger partial charge in [-0.25, -0.2) is 4.99 Å². The van der Waals surface area contributed by atoms with Crippen LogP contribution in [0.2, 0.25) is 0 Å². The lowest BCUT2D eigenvalue weighted by molar-refractivity contribution is -0.121. The molecule has 1 amide bonds. The van der Waals surface area contributed by atoms with Crippen molar-refractivity contribution in [3.05, 3.63) is 29.8 Å². The molecule has 2 aliphatic heterocycles. The predicted molar refractivity (Wildman–Crippen MR) is 121 cm³/mol. The van der Waals surface area contributed by atoms with Crippen molar-refractivity contribution in [1.29, 1.82) is 0 Å². The van der Waals surface area contributed by atoms with Gasteiger partial charge in [0, 0.05) is 36.7 Å². The standard InChI is InChI=1S/C22H31N7O3/c1-22(2,3)26-20(30)14-24-21(23-13-19-28-27-18-6-4-9-29(18)19)25-15-7-8-16-17(12-15)32-11-5-10-31-16/h7-8,12H,4-6,9-11,13-14H2,1-3H3,(H,26,30)(H2,23,24,25). The van der Waals surface area contributed by atoms with E-state index in [1.807, 2.05) is 39.0 Å². The highest BCUT2D eigenvalue weighted by molar-refractivity contribution is 5.96. The zero-order valence-corrected chi connectivity index (χ0v) is 18.9. The van der Waals surface area contributed by atoms with Crippen molar-refractivity contribution >= 4 is 17.6 Å². The quantitative estimate of drug-likeness (QED) is 0.479. The molecule has 0 aliphatic carbocycles. The number of fused-ring (bicyclic) bond motifs is 2. The molecule has 4 rings (SSSR count). The Bertz CT molecular complexity index is 994. The van der Waals surface area contributed by atoms with E-state index in [0.717, 1.165) is 48.9 Å². The third-order valence-corrected chi connectivity index (χ3v) is 5.01. The van der Waals surface area contributed by atoms with Crippen LogP contribution in [0.15, 0.2) is 23.2 Å². The van der Waals surface area contributed by atoms with Gasteiger partial charge in [-0.1, -0.05) is 0 Å². The molecule has 10 nitrogen and oxygen atoms in total. The Hall–Kier alpha value is -3.30. The van der Waals surface area contributed by atoms with Gasteiger partial charge in [-0.2, -0.15) is 0 Å². The molecule has 2 aromatic rings. The molecule has 0 radical (unpaired) electrons. The molecule has 3 heterocycles. The van der Waals surface area contributed by atoms with Crippen LogP contribution in [0.5, 0.6) is 11.5 Å². The summed E-state index contributed by atoms with van der Waals surface area (Å²) in [6.45, 7) is 8.45. The number of hydrogen-bond acceptors (Lipinski definition) is 6. The van der Waals surface area contributed by atoms with Gasteiger partial charge in [0.05, 0.1) is 19.8 Å². The molecule has 0 saturated heterocycles. The smallest absolute Gasteiger partial charge is 0.239 e.